The second kappa shape index (κ2) is 9.49. The molecule has 1 atom stereocenters. The predicted octanol–water partition coefficient (Wildman–Crippen LogP) is 2.98. The van der Waals surface area contributed by atoms with E-state index in [1.807, 2.05) is 27.7 Å². The quantitative estimate of drug-likeness (QED) is 0.566. The van der Waals surface area contributed by atoms with Crippen LogP contribution in [0.15, 0.2) is 36.7 Å². The summed E-state index contributed by atoms with van der Waals surface area (Å²) in [5, 5.41) is 12.8. The summed E-state index contributed by atoms with van der Waals surface area (Å²) >= 11 is 0. The van der Waals surface area contributed by atoms with Gasteiger partial charge in [-0.2, -0.15) is 10.2 Å². The summed E-state index contributed by atoms with van der Waals surface area (Å²) in [5.41, 5.74) is 1.56. The summed E-state index contributed by atoms with van der Waals surface area (Å²) in [6, 6.07) is 9.81. The molecule has 2 fully saturated rings. The van der Waals surface area contributed by atoms with Gasteiger partial charge in [0.2, 0.25) is 11.9 Å². The van der Waals surface area contributed by atoms with Crippen LogP contribution in [-0.2, 0) is 11.2 Å². The number of ether oxygens (including phenoxy) is 2. The van der Waals surface area contributed by atoms with Crippen LogP contribution in [-0.4, -0.2) is 62.7 Å². The smallest absolute Gasteiger partial charge is 0.225 e. The number of hydrogen-bond acceptors (Lipinski definition) is 8. The third kappa shape index (κ3) is 4.44. The number of nitrogens with zero attached hydrogens (tertiary/aromatic N) is 6. The van der Waals surface area contributed by atoms with E-state index in [2.05, 4.69) is 21.4 Å². The maximum atomic E-state index is 12.5. The fraction of sp³-hybridized carbons (Fsp3) is 0.423. The van der Waals surface area contributed by atoms with Crippen molar-refractivity contribution in [3.8, 4) is 34.8 Å². The summed E-state index contributed by atoms with van der Waals surface area (Å²) in [7, 11) is 0. The number of imidazole rings is 1. The Labute approximate surface area is 208 Å². The van der Waals surface area contributed by atoms with Gasteiger partial charge in [0.25, 0.3) is 0 Å². The van der Waals surface area contributed by atoms with E-state index < -0.39 is 0 Å². The Kier molecular flexibility index (Phi) is 5.89. The fourth-order valence-electron chi connectivity index (χ4n) is 4.84. The van der Waals surface area contributed by atoms with Crippen molar-refractivity contribution in [3.63, 3.8) is 0 Å². The number of nitrogens with one attached hydrogen (secondary N) is 1. The van der Waals surface area contributed by atoms with Crippen LogP contribution in [0.3, 0.4) is 0 Å². The molecule has 6 rings (SSSR count). The van der Waals surface area contributed by atoms with E-state index in [0.29, 0.717) is 48.8 Å². The molecule has 1 amide bonds. The van der Waals surface area contributed by atoms with Crippen molar-refractivity contribution in [2.24, 2.45) is 5.92 Å². The third-order valence-electron chi connectivity index (χ3n) is 6.76. The van der Waals surface area contributed by atoms with Gasteiger partial charge in [0.05, 0.1) is 24.4 Å². The zero-order chi connectivity index (χ0) is 24.5. The molecule has 2 aliphatic heterocycles. The van der Waals surface area contributed by atoms with E-state index in [1.54, 1.807) is 18.5 Å². The Bertz CT molecular complexity index is 1330. The lowest BCUT2D eigenvalue weighted by Gasteiger charge is -2.33. The normalized spacial score (nSPS) is 19.0. The molecule has 2 aromatic heterocycles. The van der Waals surface area contributed by atoms with E-state index in [-0.39, 0.29) is 24.3 Å². The van der Waals surface area contributed by atoms with E-state index in [1.165, 1.54) is 0 Å². The number of fused-ring (bicyclic) bond motifs is 1. The number of hydrogen-bond donors (Lipinski definition) is 1. The number of benzene rings is 1. The highest BCUT2D eigenvalue weighted by Gasteiger charge is 2.35. The Morgan fingerprint density at radius 2 is 2.00 bits per heavy atom. The van der Waals surface area contributed by atoms with E-state index in [4.69, 9.17) is 14.5 Å². The molecule has 1 saturated heterocycles. The van der Waals surface area contributed by atoms with Crippen LogP contribution in [0.2, 0.25) is 0 Å². The van der Waals surface area contributed by atoms with E-state index >= 15 is 0 Å². The minimum absolute atomic E-state index is 0.0929. The van der Waals surface area contributed by atoms with Gasteiger partial charge in [0.1, 0.15) is 24.9 Å². The molecular weight excluding hydrogens is 458 g/mol. The maximum Gasteiger partial charge on any atom is 0.225 e. The average molecular weight is 486 g/mol. The number of anilines is 1. The van der Waals surface area contributed by atoms with Gasteiger partial charge in [0.15, 0.2) is 11.5 Å². The molecule has 0 spiro atoms. The number of likely N-dealkylation sites (tertiary alicyclic amines) is 1. The van der Waals surface area contributed by atoms with Crippen LogP contribution in [0.25, 0.3) is 17.2 Å². The van der Waals surface area contributed by atoms with Crippen LogP contribution < -0.4 is 14.8 Å². The topological polar surface area (TPSA) is 118 Å². The number of carbonyl (C=O) groups is 1. The van der Waals surface area contributed by atoms with Crippen LogP contribution in [0.4, 0.5) is 5.95 Å². The van der Waals surface area contributed by atoms with E-state index in [0.717, 1.165) is 43.5 Å². The Hall–Kier alpha value is -4.13. The number of carbonyl (C=O) groups excluding carboxylic acids is 1. The molecule has 1 saturated carbocycles. The monoisotopic (exact) mass is 485 g/mol. The molecule has 1 unspecified atom stereocenters. The predicted molar refractivity (Wildman–Crippen MR) is 131 cm³/mol. The van der Waals surface area contributed by atoms with Crippen molar-refractivity contribution >= 4 is 11.9 Å². The summed E-state index contributed by atoms with van der Waals surface area (Å²) in [6.07, 6.45) is 7.52. The van der Waals surface area contributed by atoms with Crippen LogP contribution in [0.5, 0.6) is 11.5 Å². The van der Waals surface area contributed by atoms with Crippen LogP contribution in [0, 0.1) is 17.2 Å². The van der Waals surface area contributed by atoms with Gasteiger partial charge in [-0.05, 0) is 49.9 Å². The van der Waals surface area contributed by atoms with Crippen LogP contribution >= 0.6 is 0 Å². The lowest BCUT2D eigenvalue weighted by molar-refractivity contribution is -0.133. The van der Waals surface area contributed by atoms with Gasteiger partial charge >= 0.3 is 0 Å². The van der Waals surface area contributed by atoms with Gasteiger partial charge in [-0.1, -0.05) is 0 Å². The SMILES string of the molecule is N#CCc1cnc(-c2ccc3c(c2)OCCO3)n1-c1ccnc(NC2CCCN(C(=O)C3CC3)C2)n1. The minimum atomic E-state index is 0.0929. The van der Waals surface area contributed by atoms with Gasteiger partial charge < -0.3 is 19.7 Å². The molecule has 3 aromatic rings. The van der Waals surface area contributed by atoms with E-state index in [9.17, 15) is 10.1 Å². The van der Waals surface area contributed by atoms with Gasteiger partial charge in [-0.15, -0.1) is 0 Å². The van der Waals surface area contributed by atoms with Crippen molar-refractivity contribution in [3.05, 3.63) is 42.4 Å². The number of piperidine rings is 1. The van der Waals surface area contributed by atoms with Crippen LogP contribution in [0.1, 0.15) is 31.4 Å². The molecule has 3 aliphatic rings. The van der Waals surface area contributed by atoms with Crippen molar-refractivity contribution in [1.82, 2.24) is 24.4 Å². The highest BCUT2D eigenvalue weighted by molar-refractivity contribution is 5.81. The standard InChI is InChI=1S/C26H27N7O3/c27-9-7-20-15-29-24(18-5-6-21-22(14-18)36-13-12-35-21)33(20)23-8-10-28-26(31-23)30-19-2-1-11-32(16-19)25(34)17-3-4-17/h5-6,8,10,14-15,17,19H,1-4,7,11-13,16H2,(H,28,30,31). The molecule has 10 heteroatoms. The molecule has 10 nitrogen and oxygen atoms in total. The number of aromatic nitrogens is 4. The second-order valence-corrected chi connectivity index (χ2v) is 9.38. The summed E-state index contributed by atoms with van der Waals surface area (Å²) in [5.74, 6) is 3.63. The molecule has 1 aromatic carbocycles. The first kappa shape index (κ1) is 22.3. The third-order valence-corrected chi connectivity index (χ3v) is 6.76. The minimum Gasteiger partial charge on any atom is -0.486 e. The molecule has 0 bridgehead atoms. The Morgan fingerprint density at radius 1 is 1.14 bits per heavy atom. The highest BCUT2D eigenvalue weighted by atomic mass is 16.6. The first-order chi connectivity index (χ1) is 17.7. The van der Waals surface area contributed by atoms with Crippen molar-refractivity contribution < 1.29 is 14.3 Å². The zero-order valence-corrected chi connectivity index (χ0v) is 19.9. The first-order valence-corrected chi connectivity index (χ1v) is 12.4. The van der Waals surface area contributed by atoms with Crippen molar-refractivity contribution in [2.75, 3.05) is 31.6 Å². The van der Waals surface area contributed by atoms with Gasteiger partial charge in [0, 0.05) is 36.8 Å². The Balaban J connectivity index is 1.28. The maximum absolute atomic E-state index is 12.5. The van der Waals surface area contributed by atoms with Crippen molar-refractivity contribution in [2.45, 2.75) is 38.1 Å². The molecular formula is C26H27N7O3. The second-order valence-electron chi connectivity index (χ2n) is 9.38. The molecule has 1 N–H and O–H groups in total. The lowest BCUT2D eigenvalue weighted by Crippen LogP contribution is -2.45. The lowest BCUT2D eigenvalue weighted by atomic mass is 10.1. The average Bonchev–Trinajstić information content (AvgIpc) is 3.68. The summed E-state index contributed by atoms with van der Waals surface area (Å²) in [6.45, 7) is 2.50. The molecule has 1 aliphatic carbocycles. The van der Waals surface area contributed by atoms with Gasteiger partial charge in [-0.25, -0.2) is 9.97 Å². The molecule has 184 valence electrons. The van der Waals surface area contributed by atoms with Crippen molar-refractivity contribution in [1.29, 1.82) is 5.26 Å². The summed E-state index contributed by atoms with van der Waals surface area (Å²) in [4.78, 5) is 28.3. The largest absolute Gasteiger partial charge is 0.486 e. The number of amides is 1. The Morgan fingerprint density at radius 3 is 2.83 bits per heavy atom. The highest BCUT2D eigenvalue weighted by Crippen LogP contribution is 2.35. The molecule has 0 radical (unpaired) electrons. The first-order valence-electron chi connectivity index (χ1n) is 12.4. The number of rotatable bonds is 6. The molecule has 4 heterocycles. The summed E-state index contributed by atoms with van der Waals surface area (Å²) < 4.78 is 13.3. The zero-order valence-electron chi connectivity index (χ0n) is 19.9. The van der Waals surface area contributed by atoms with Gasteiger partial charge in [-0.3, -0.25) is 9.36 Å². The number of nitriles is 1. The fourth-order valence-corrected chi connectivity index (χ4v) is 4.84. The molecule has 36 heavy (non-hydrogen) atoms.